The highest BCUT2D eigenvalue weighted by Crippen LogP contribution is 2.30. The van der Waals surface area contributed by atoms with E-state index in [0.717, 1.165) is 10.8 Å². The van der Waals surface area contributed by atoms with Crippen LogP contribution >= 0.6 is 11.6 Å². The number of esters is 1. The van der Waals surface area contributed by atoms with Crippen molar-refractivity contribution >= 4 is 39.4 Å². The van der Waals surface area contributed by atoms with Crippen LogP contribution in [0, 0.1) is 0 Å². The van der Waals surface area contributed by atoms with Gasteiger partial charge in [0.05, 0.1) is 18.2 Å². The Bertz CT molecular complexity index is 1090. The second-order valence-electron chi connectivity index (χ2n) is 5.11. The molecule has 0 aliphatic carbocycles. The number of nitrogens with zero attached hydrogens (tertiary/aromatic N) is 3. The maximum absolute atomic E-state index is 11.6. The molecule has 0 N–H and O–H groups in total. The molecule has 3 heterocycles. The van der Waals surface area contributed by atoms with E-state index in [1.807, 2.05) is 0 Å². The van der Waals surface area contributed by atoms with E-state index in [4.69, 9.17) is 20.8 Å². The summed E-state index contributed by atoms with van der Waals surface area (Å²) < 4.78 is 10.5. The van der Waals surface area contributed by atoms with Gasteiger partial charge in [0.15, 0.2) is 5.58 Å². The first kappa shape index (κ1) is 14.6. The van der Waals surface area contributed by atoms with Gasteiger partial charge in [-0.25, -0.2) is 14.8 Å². The van der Waals surface area contributed by atoms with E-state index in [0.29, 0.717) is 33.3 Å². The summed E-state index contributed by atoms with van der Waals surface area (Å²) in [5.41, 5.74) is 2.24. The Labute approximate surface area is 141 Å². The van der Waals surface area contributed by atoms with Crippen LogP contribution in [0.4, 0.5) is 0 Å². The van der Waals surface area contributed by atoms with Crippen LogP contribution in [0.1, 0.15) is 10.4 Å². The van der Waals surface area contributed by atoms with E-state index in [2.05, 4.69) is 15.0 Å². The number of carbonyl (C=O) groups excluding carboxylic acids is 1. The molecule has 6 nitrogen and oxygen atoms in total. The molecule has 0 spiro atoms. The highest BCUT2D eigenvalue weighted by molar-refractivity contribution is 6.30. The second kappa shape index (κ2) is 5.58. The molecule has 0 saturated carbocycles. The van der Waals surface area contributed by atoms with Crippen LogP contribution in [-0.4, -0.2) is 28.0 Å². The first-order valence-electron chi connectivity index (χ1n) is 7.04. The van der Waals surface area contributed by atoms with Crippen molar-refractivity contribution in [1.82, 2.24) is 15.0 Å². The molecule has 4 aromatic rings. The normalized spacial score (nSPS) is 11.1. The van der Waals surface area contributed by atoms with Gasteiger partial charge in [0.25, 0.3) is 0 Å². The van der Waals surface area contributed by atoms with Crippen molar-refractivity contribution in [2.24, 2.45) is 0 Å². The van der Waals surface area contributed by atoms with Crippen molar-refractivity contribution in [2.45, 2.75) is 0 Å². The monoisotopic (exact) mass is 339 g/mol. The standard InChI is InChI=1S/C17H10ClN3O3/c1-23-17(22)9-2-3-14-13(4-9)21-16(24-14)12-8-19-6-10-7-20-15(18)5-11(10)12/h2-8H,1H3. The molecule has 0 amide bonds. The largest absolute Gasteiger partial charge is 0.465 e. The lowest BCUT2D eigenvalue weighted by Gasteiger charge is -2.02. The van der Waals surface area contributed by atoms with Gasteiger partial charge in [-0.15, -0.1) is 0 Å². The maximum Gasteiger partial charge on any atom is 0.337 e. The zero-order valence-electron chi connectivity index (χ0n) is 12.5. The molecule has 4 rings (SSSR count). The number of pyridine rings is 2. The van der Waals surface area contributed by atoms with Gasteiger partial charge in [0, 0.05) is 29.4 Å². The average Bonchev–Trinajstić information content (AvgIpc) is 3.03. The summed E-state index contributed by atoms with van der Waals surface area (Å²) in [6, 6.07) is 6.68. The van der Waals surface area contributed by atoms with Crippen LogP contribution in [0.5, 0.6) is 0 Å². The molecule has 0 atom stereocenters. The number of hydrogen-bond acceptors (Lipinski definition) is 6. The van der Waals surface area contributed by atoms with Crippen molar-refractivity contribution < 1.29 is 13.9 Å². The number of hydrogen-bond donors (Lipinski definition) is 0. The summed E-state index contributed by atoms with van der Waals surface area (Å²) >= 11 is 5.99. The fourth-order valence-corrected chi connectivity index (χ4v) is 2.65. The minimum Gasteiger partial charge on any atom is -0.465 e. The van der Waals surface area contributed by atoms with Gasteiger partial charge in [0.2, 0.25) is 5.89 Å². The maximum atomic E-state index is 11.6. The van der Waals surface area contributed by atoms with Gasteiger partial charge in [-0.05, 0) is 24.3 Å². The average molecular weight is 340 g/mol. The zero-order chi connectivity index (χ0) is 16.7. The molecule has 24 heavy (non-hydrogen) atoms. The molecule has 0 aliphatic rings. The zero-order valence-corrected chi connectivity index (χ0v) is 13.2. The van der Waals surface area contributed by atoms with Crippen LogP contribution in [0.15, 0.2) is 47.3 Å². The summed E-state index contributed by atoms with van der Waals surface area (Å²) in [6.45, 7) is 0. The van der Waals surface area contributed by atoms with E-state index >= 15 is 0 Å². The Hall–Kier alpha value is -2.99. The van der Waals surface area contributed by atoms with Crippen molar-refractivity contribution in [3.63, 3.8) is 0 Å². The summed E-state index contributed by atoms with van der Waals surface area (Å²) in [5.74, 6) is -0.0292. The van der Waals surface area contributed by atoms with E-state index in [1.54, 1.807) is 42.9 Å². The molecule has 0 bridgehead atoms. The molecule has 7 heteroatoms. The lowest BCUT2D eigenvalue weighted by atomic mass is 10.1. The van der Waals surface area contributed by atoms with Crippen molar-refractivity contribution in [3.05, 3.63) is 53.6 Å². The SMILES string of the molecule is COC(=O)c1ccc2oc(-c3cncc4cnc(Cl)cc34)nc2c1. The van der Waals surface area contributed by atoms with Gasteiger partial charge in [-0.3, -0.25) is 4.98 Å². The molecule has 0 radical (unpaired) electrons. The first-order valence-corrected chi connectivity index (χ1v) is 7.42. The number of aromatic nitrogens is 3. The Morgan fingerprint density at radius 1 is 1.21 bits per heavy atom. The van der Waals surface area contributed by atoms with E-state index < -0.39 is 5.97 Å². The van der Waals surface area contributed by atoms with E-state index in [-0.39, 0.29) is 0 Å². The lowest BCUT2D eigenvalue weighted by molar-refractivity contribution is 0.0601. The van der Waals surface area contributed by atoms with Crippen molar-refractivity contribution in [2.75, 3.05) is 7.11 Å². The molecule has 0 fully saturated rings. The number of halogens is 1. The summed E-state index contributed by atoms with van der Waals surface area (Å²) in [6.07, 6.45) is 5.00. The molecule has 0 aliphatic heterocycles. The summed E-state index contributed by atoms with van der Waals surface area (Å²) in [4.78, 5) is 24.3. The predicted octanol–water partition coefficient (Wildman–Crippen LogP) is 3.88. The third-order valence-corrected chi connectivity index (χ3v) is 3.85. The summed E-state index contributed by atoms with van der Waals surface area (Å²) in [7, 11) is 1.33. The Balaban J connectivity index is 1.91. The molecule has 118 valence electrons. The highest BCUT2D eigenvalue weighted by Gasteiger charge is 2.14. The number of carbonyl (C=O) groups is 1. The number of benzene rings is 1. The lowest BCUT2D eigenvalue weighted by Crippen LogP contribution is -2.00. The Kier molecular flexibility index (Phi) is 3.39. The van der Waals surface area contributed by atoms with Crippen LogP contribution < -0.4 is 0 Å². The Morgan fingerprint density at radius 3 is 2.92 bits per heavy atom. The molecular formula is C17H10ClN3O3. The molecule has 0 saturated heterocycles. The van der Waals surface area contributed by atoms with E-state index in [1.165, 1.54) is 7.11 Å². The number of ether oxygens (including phenoxy) is 1. The number of methoxy groups -OCH3 is 1. The third-order valence-electron chi connectivity index (χ3n) is 3.65. The number of fused-ring (bicyclic) bond motifs is 2. The fourth-order valence-electron chi connectivity index (χ4n) is 2.50. The minimum absolute atomic E-state index is 0.374. The number of oxazole rings is 1. The third kappa shape index (κ3) is 2.37. The van der Waals surface area contributed by atoms with Crippen LogP contribution in [0.2, 0.25) is 5.15 Å². The quantitative estimate of drug-likeness (QED) is 0.407. The molecule has 3 aromatic heterocycles. The molecular weight excluding hydrogens is 330 g/mol. The van der Waals surface area contributed by atoms with Gasteiger partial charge < -0.3 is 9.15 Å². The Morgan fingerprint density at radius 2 is 2.08 bits per heavy atom. The first-order chi connectivity index (χ1) is 11.7. The predicted molar refractivity (Wildman–Crippen MR) is 88.9 cm³/mol. The van der Waals surface area contributed by atoms with Crippen LogP contribution in [0.25, 0.3) is 33.3 Å². The van der Waals surface area contributed by atoms with Crippen LogP contribution in [-0.2, 0) is 4.74 Å². The topological polar surface area (TPSA) is 78.1 Å². The molecule has 0 unspecified atom stereocenters. The summed E-state index contributed by atoms with van der Waals surface area (Å²) in [5, 5.41) is 2.04. The molecule has 1 aromatic carbocycles. The van der Waals surface area contributed by atoms with E-state index in [9.17, 15) is 4.79 Å². The van der Waals surface area contributed by atoms with Crippen molar-refractivity contribution in [3.8, 4) is 11.5 Å². The van der Waals surface area contributed by atoms with Gasteiger partial charge in [0.1, 0.15) is 10.7 Å². The van der Waals surface area contributed by atoms with Crippen LogP contribution in [0.3, 0.4) is 0 Å². The second-order valence-corrected chi connectivity index (χ2v) is 5.50. The minimum atomic E-state index is -0.425. The van der Waals surface area contributed by atoms with Gasteiger partial charge >= 0.3 is 5.97 Å². The highest BCUT2D eigenvalue weighted by atomic mass is 35.5. The van der Waals surface area contributed by atoms with Crippen molar-refractivity contribution in [1.29, 1.82) is 0 Å². The smallest absolute Gasteiger partial charge is 0.337 e. The number of rotatable bonds is 2. The fraction of sp³-hybridized carbons (Fsp3) is 0.0588. The van der Waals surface area contributed by atoms with Gasteiger partial charge in [-0.1, -0.05) is 11.6 Å². The van der Waals surface area contributed by atoms with Gasteiger partial charge in [-0.2, -0.15) is 0 Å².